The number of carbonyl (C=O) groups is 1. The summed E-state index contributed by atoms with van der Waals surface area (Å²) in [6.07, 6.45) is 5.12. The van der Waals surface area contributed by atoms with Gasteiger partial charge in [-0.3, -0.25) is 4.79 Å². The van der Waals surface area contributed by atoms with E-state index in [-0.39, 0.29) is 41.4 Å². The number of carbonyl (C=O) groups excluding carboxylic acids is 1. The molecule has 0 aromatic heterocycles. The molecule has 2 atom stereocenters. The van der Waals surface area contributed by atoms with Gasteiger partial charge in [0, 0.05) is 22.9 Å². The van der Waals surface area contributed by atoms with Crippen LogP contribution in [-0.2, 0) is 14.6 Å². The summed E-state index contributed by atoms with van der Waals surface area (Å²) in [5, 5.41) is 0.507. The first kappa shape index (κ1) is 18.3. The van der Waals surface area contributed by atoms with Gasteiger partial charge in [-0.1, -0.05) is 31.0 Å². The van der Waals surface area contributed by atoms with Crippen molar-refractivity contribution in [2.45, 2.75) is 43.4 Å². The summed E-state index contributed by atoms with van der Waals surface area (Å²) in [5.41, 5.74) is 0.788. The molecule has 28 heavy (non-hydrogen) atoms. The number of hydrogen-bond acceptors (Lipinski definition) is 6. The molecule has 4 aliphatic rings. The predicted molar refractivity (Wildman–Crippen MR) is 108 cm³/mol. The number of hydrogen-bond donors (Lipinski definition) is 0. The van der Waals surface area contributed by atoms with Gasteiger partial charge in [0.15, 0.2) is 26.5 Å². The van der Waals surface area contributed by atoms with E-state index in [1.807, 2.05) is 23.1 Å². The van der Waals surface area contributed by atoms with Crippen LogP contribution in [0.4, 0.5) is 5.69 Å². The van der Waals surface area contributed by atoms with E-state index in [4.69, 9.17) is 9.47 Å². The topological polar surface area (TPSA) is 85.3 Å². The first-order valence-electron chi connectivity index (χ1n) is 9.69. The van der Waals surface area contributed by atoms with Gasteiger partial charge < -0.3 is 14.4 Å². The number of fused-ring (bicyclic) bond motifs is 2. The van der Waals surface area contributed by atoms with E-state index in [1.54, 1.807) is 0 Å². The SMILES string of the molecule is O=C(N=C1S[C@@H]2CS(=O)(=O)C[C@@H]2N1c1ccc2c(c1)OCO2)C1CCCCC1. The smallest absolute Gasteiger partial charge is 0.251 e. The largest absolute Gasteiger partial charge is 0.454 e. The van der Waals surface area contributed by atoms with Crippen LogP contribution in [0.1, 0.15) is 32.1 Å². The molecule has 0 unspecified atom stereocenters. The van der Waals surface area contributed by atoms with Crippen LogP contribution in [0.3, 0.4) is 0 Å². The minimum atomic E-state index is -3.09. The van der Waals surface area contributed by atoms with Gasteiger partial charge in [0.1, 0.15) is 0 Å². The molecule has 3 aliphatic heterocycles. The maximum atomic E-state index is 12.8. The summed E-state index contributed by atoms with van der Waals surface area (Å²) in [6.45, 7) is 0.176. The van der Waals surface area contributed by atoms with Crippen molar-refractivity contribution in [3.63, 3.8) is 0 Å². The second-order valence-electron chi connectivity index (χ2n) is 7.78. The molecule has 1 aromatic carbocycles. The lowest BCUT2D eigenvalue weighted by molar-refractivity contribution is -0.122. The van der Waals surface area contributed by atoms with Crippen molar-refractivity contribution >= 4 is 38.4 Å². The molecule has 0 spiro atoms. The Balaban J connectivity index is 1.49. The van der Waals surface area contributed by atoms with Crippen molar-refractivity contribution in [1.29, 1.82) is 0 Å². The van der Waals surface area contributed by atoms with Crippen LogP contribution in [0.25, 0.3) is 0 Å². The Morgan fingerprint density at radius 3 is 2.71 bits per heavy atom. The number of nitrogens with zero attached hydrogens (tertiary/aromatic N) is 2. The molecule has 150 valence electrons. The summed E-state index contributed by atoms with van der Waals surface area (Å²) in [5.74, 6) is 1.42. The van der Waals surface area contributed by atoms with E-state index in [2.05, 4.69) is 4.99 Å². The summed E-state index contributed by atoms with van der Waals surface area (Å²) < 4.78 is 35.2. The molecule has 0 N–H and O–H groups in total. The van der Waals surface area contributed by atoms with Gasteiger partial charge >= 0.3 is 0 Å². The number of aliphatic imine (C=N–C) groups is 1. The zero-order valence-corrected chi connectivity index (χ0v) is 17.0. The molecule has 3 heterocycles. The Labute approximate surface area is 168 Å². The molecule has 3 fully saturated rings. The molecule has 9 heteroatoms. The van der Waals surface area contributed by atoms with Gasteiger partial charge in [-0.2, -0.15) is 4.99 Å². The number of thioether (sulfide) groups is 1. The fraction of sp³-hybridized carbons (Fsp3) is 0.579. The highest BCUT2D eigenvalue weighted by molar-refractivity contribution is 8.16. The number of amides is 1. The Morgan fingerprint density at radius 1 is 1.11 bits per heavy atom. The van der Waals surface area contributed by atoms with Crippen LogP contribution < -0.4 is 14.4 Å². The summed E-state index contributed by atoms with van der Waals surface area (Å²) in [4.78, 5) is 19.2. The van der Waals surface area contributed by atoms with Crippen LogP contribution in [-0.4, -0.2) is 49.1 Å². The monoisotopic (exact) mass is 422 g/mol. The van der Waals surface area contributed by atoms with E-state index < -0.39 is 9.84 Å². The van der Waals surface area contributed by atoms with Crippen molar-refractivity contribution in [3.8, 4) is 11.5 Å². The van der Waals surface area contributed by atoms with Crippen LogP contribution in [0.15, 0.2) is 23.2 Å². The number of amidine groups is 1. The average molecular weight is 423 g/mol. The minimum absolute atomic E-state index is 0.00960. The van der Waals surface area contributed by atoms with Gasteiger partial charge in [-0.15, -0.1) is 0 Å². The highest BCUT2D eigenvalue weighted by Crippen LogP contribution is 2.44. The van der Waals surface area contributed by atoms with Gasteiger partial charge in [-0.25, -0.2) is 8.42 Å². The van der Waals surface area contributed by atoms with Crippen molar-refractivity contribution < 1.29 is 22.7 Å². The molecule has 5 rings (SSSR count). The maximum Gasteiger partial charge on any atom is 0.251 e. The Morgan fingerprint density at radius 2 is 1.89 bits per heavy atom. The molecule has 1 aromatic rings. The van der Waals surface area contributed by atoms with Crippen molar-refractivity contribution in [2.24, 2.45) is 10.9 Å². The fourth-order valence-corrected chi connectivity index (χ4v) is 8.36. The fourth-order valence-electron chi connectivity index (χ4n) is 4.44. The van der Waals surface area contributed by atoms with Gasteiger partial charge in [0.05, 0.1) is 17.5 Å². The summed E-state index contributed by atoms with van der Waals surface area (Å²) in [6, 6.07) is 5.33. The van der Waals surface area contributed by atoms with Gasteiger partial charge in [-0.05, 0) is 25.0 Å². The molecular formula is C19H22N2O5S2. The average Bonchev–Trinajstić information content (AvgIpc) is 3.33. The van der Waals surface area contributed by atoms with Gasteiger partial charge in [0.2, 0.25) is 6.79 Å². The molecular weight excluding hydrogens is 400 g/mol. The predicted octanol–water partition coefficient (Wildman–Crippen LogP) is 2.60. The second-order valence-corrected chi connectivity index (χ2v) is 11.1. The lowest BCUT2D eigenvalue weighted by atomic mass is 9.89. The first-order valence-corrected chi connectivity index (χ1v) is 12.4. The molecule has 7 nitrogen and oxygen atoms in total. The molecule has 1 saturated carbocycles. The van der Waals surface area contributed by atoms with Crippen molar-refractivity contribution in [1.82, 2.24) is 0 Å². The number of benzene rings is 1. The van der Waals surface area contributed by atoms with E-state index >= 15 is 0 Å². The van der Waals surface area contributed by atoms with Crippen LogP contribution in [0, 0.1) is 5.92 Å². The van der Waals surface area contributed by atoms with E-state index in [0.717, 1.165) is 31.4 Å². The Bertz CT molecular complexity index is 940. The van der Waals surface area contributed by atoms with Crippen molar-refractivity contribution in [2.75, 3.05) is 23.2 Å². The third-order valence-electron chi connectivity index (χ3n) is 5.86. The molecule has 0 bridgehead atoms. The van der Waals surface area contributed by atoms with Crippen molar-refractivity contribution in [3.05, 3.63) is 18.2 Å². The second kappa shape index (κ2) is 6.95. The Kier molecular flexibility index (Phi) is 4.54. The number of rotatable bonds is 2. The maximum absolute atomic E-state index is 12.8. The summed E-state index contributed by atoms with van der Waals surface area (Å²) in [7, 11) is -3.09. The molecule has 2 saturated heterocycles. The third kappa shape index (κ3) is 3.28. The quantitative estimate of drug-likeness (QED) is 0.724. The standard InChI is InChI=1S/C19H22N2O5S2/c22-18(12-4-2-1-3-5-12)20-19-21(14-9-28(23,24)10-17(14)27-19)13-6-7-15-16(8-13)26-11-25-15/h6-8,12,14,17H,1-5,9-11H2/t14-,17+/m0/s1. The highest BCUT2D eigenvalue weighted by Gasteiger charge is 2.49. The number of sulfone groups is 1. The summed E-state index contributed by atoms with van der Waals surface area (Å²) >= 11 is 1.42. The normalized spacial score (nSPS) is 30.0. The zero-order valence-electron chi connectivity index (χ0n) is 15.4. The van der Waals surface area contributed by atoms with Crippen LogP contribution in [0.2, 0.25) is 0 Å². The third-order valence-corrected chi connectivity index (χ3v) is 9.07. The Hall–Kier alpha value is -1.74. The lowest BCUT2D eigenvalue weighted by Crippen LogP contribution is -2.38. The molecule has 1 amide bonds. The van der Waals surface area contributed by atoms with E-state index in [9.17, 15) is 13.2 Å². The zero-order chi connectivity index (χ0) is 19.3. The van der Waals surface area contributed by atoms with Crippen LogP contribution >= 0.6 is 11.8 Å². The number of anilines is 1. The molecule has 1 aliphatic carbocycles. The number of ether oxygens (including phenoxy) is 2. The first-order chi connectivity index (χ1) is 13.5. The highest BCUT2D eigenvalue weighted by atomic mass is 32.2. The van der Waals surface area contributed by atoms with E-state index in [1.165, 1.54) is 18.2 Å². The molecule has 0 radical (unpaired) electrons. The van der Waals surface area contributed by atoms with E-state index in [0.29, 0.717) is 16.7 Å². The minimum Gasteiger partial charge on any atom is -0.454 e. The van der Waals surface area contributed by atoms with Crippen LogP contribution in [0.5, 0.6) is 11.5 Å². The lowest BCUT2D eigenvalue weighted by Gasteiger charge is -2.25. The van der Waals surface area contributed by atoms with Gasteiger partial charge in [0.25, 0.3) is 5.91 Å².